The number of rotatable bonds is 8. The molecule has 0 spiro atoms. The van der Waals surface area contributed by atoms with Crippen LogP contribution >= 0.6 is 0 Å². The maximum Gasteiger partial charge on any atom is 0.258 e. The van der Waals surface area contributed by atoms with Gasteiger partial charge in [0.1, 0.15) is 22.8 Å². The lowest BCUT2D eigenvalue weighted by molar-refractivity contribution is 0.0823. The van der Waals surface area contributed by atoms with Gasteiger partial charge >= 0.3 is 0 Å². The highest BCUT2D eigenvalue weighted by molar-refractivity contribution is 5.99. The van der Waals surface area contributed by atoms with Crippen molar-refractivity contribution in [1.29, 1.82) is 0 Å². The Labute approximate surface area is 147 Å². The minimum absolute atomic E-state index is 0.292. The van der Waals surface area contributed by atoms with Gasteiger partial charge in [0.15, 0.2) is 0 Å². The van der Waals surface area contributed by atoms with E-state index in [-0.39, 0.29) is 12.0 Å². The van der Waals surface area contributed by atoms with E-state index in [4.69, 9.17) is 18.9 Å². The second kappa shape index (κ2) is 8.94. The Balaban J connectivity index is 2.15. The number of amides is 1. The minimum Gasteiger partial charge on any atom is -0.497 e. The molecule has 25 heavy (non-hydrogen) atoms. The fourth-order valence-corrected chi connectivity index (χ4v) is 2.53. The van der Waals surface area contributed by atoms with Crippen molar-refractivity contribution in [3.63, 3.8) is 0 Å². The topological polar surface area (TPSA) is 66.0 Å². The van der Waals surface area contributed by atoms with E-state index in [2.05, 4.69) is 5.32 Å². The van der Waals surface area contributed by atoms with Gasteiger partial charge in [0, 0.05) is 13.7 Å². The molecular formula is C19H23NO5. The second-order valence-electron chi connectivity index (χ2n) is 5.25. The maximum absolute atomic E-state index is 12.6. The van der Waals surface area contributed by atoms with E-state index in [0.717, 1.165) is 11.3 Å². The number of methoxy groups -OCH3 is 4. The largest absolute Gasteiger partial charge is 0.497 e. The van der Waals surface area contributed by atoms with Crippen LogP contribution in [0.3, 0.4) is 0 Å². The fraction of sp³-hybridized carbons (Fsp3) is 0.316. The highest BCUT2D eigenvalue weighted by Gasteiger charge is 2.20. The summed E-state index contributed by atoms with van der Waals surface area (Å²) in [6.07, 6.45) is -0.306. The summed E-state index contributed by atoms with van der Waals surface area (Å²) in [5, 5.41) is 2.87. The quantitative estimate of drug-likeness (QED) is 0.797. The summed E-state index contributed by atoms with van der Waals surface area (Å²) in [7, 11) is 6.23. The highest BCUT2D eigenvalue weighted by atomic mass is 16.5. The van der Waals surface area contributed by atoms with Crippen molar-refractivity contribution in [2.45, 2.75) is 6.10 Å². The molecule has 1 amide bonds. The van der Waals surface area contributed by atoms with Crippen LogP contribution in [0.2, 0.25) is 0 Å². The molecule has 0 aliphatic heterocycles. The number of nitrogens with one attached hydrogen (secondary N) is 1. The molecule has 1 N–H and O–H groups in total. The van der Waals surface area contributed by atoms with Gasteiger partial charge in [0.2, 0.25) is 0 Å². The van der Waals surface area contributed by atoms with Gasteiger partial charge in [-0.15, -0.1) is 0 Å². The summed E-state index contributed by atoms with van der Waals surface area (Å²) in [5.74, 6) is 1.34. The van der Waals surface area contributed by atoms with Crippen LogP contribution in [0.1, 0.15) is 22.0 Å². The van der Waals surface area contributed by atoms with Gasteiger partial charge < -0.3 is 24.3 Å². The Bertz CT molecular complexity index is 694. The molecule has 1 unspecified atom stereocenters. The SMILES string of the molecule is COc1cccc(C(CNC(=O)c2c(OC)cccc2OC)OC)c1. The number of ether oxygens (including phenoxy) is 4. The molecule has 0 aliphatic rings. The average molecular weight is 345 g/mol. The van der Waals surface area contributed by atoms with E-state index in [1.165, 1.54) is 14.2 Å². The summed E-state index contributed by atoms with van der Waals surface area (Å²) in [5.41, 5.74) is 1.27. The normalized spacial score (nSPS) is 11.5. The Morgan fingerprint density at radius 1 is 0.960 bits per heavy atom. The molecule has 0 heterocycles. The standard InChI is InChI=1S/C19H23NO5/c1-22-14-8-5-7-13(11-14)17(25-4)12-20-19(21)18-15(23-2)9-6-10-16(18)24-3/h5-11,17H,12H2,1-4H3,(H,20,21). The lowest BCUT2D eigenvalue weighted by Crippen LogP contribution is -2.29. The van der Waals surface area contributed by atoms with Crippen LogP contribution in [0.15, 0.2) is 42.5 Å². The fourth-order valence-electron chi connectivity index (χ4n) is 2.53. The lowest BCUT2D eigenvalue weighted by atomic mass is 10.1. The van der Waals surface area contributed by atoms with Crippen molar-refractivity contribution < 1.29 is 23.7 Å². The molecule has 0 fully saturated rings. The lowest BCUT2D eigenvalue weighted by Gasteiger charge is -2.18. The Morgan fingerprint density at radius 3 is 2.16 bits per heavy atom. The van der Waals surface area contributed by atoms with Gasteiger partial charge in [-0.2, -0.15) is 0 Å². The zero-order chi connectivity index (χ0) is 18.2. The van der Waals surface area contributed by atoms with Crippen LogP contribution in [-0.4, -0.2) is 40.9 Å². The van der Waals surface area contributed by atoms with Crippen LogP contribution in [0.25, 0.3) is 0 Å². The molecule has 2 rings (SSSR count). The van der Waals surface area contributed by atoms with Crippen LogP contribution in [0, 0.1) is 0 Å². The van der Waals surface area contributed by atoms with Crippen LogP contribution in [0.5, 0.6) is 17.2 Å². The van der Waals surface area contributed by atoms with Crippen molar-refractivity contribution in [3.05, 3.63) is 53.6 Å². The molecule has 0 aromatic heterocycles. The van der Waals surface area contributed by atoms with E-state index in [9.17, 15) is 4.79 Å². The van der Waals surface area contributed by atoms with Crippen molar-refractivity contribution in [2.75, 3.05) is 35.0 Å². The molecule has 0 saturated heterocycles. The van der Waals surface area contributed by atoms with Crippen LogP contribution in [0.4, 0.5) is 0 Å². The minimum atomic E-state index is -0.306. The molecule has 0 bridgehead atoms. The summed E-state index contributed by atoms with van der Waals surface area (Å²) in [6.45, 7) is 0.295. The molecule has 6 heteroatoms. The third kappa shape index (κ3) is 4.42. The molecule has 0 saturated carbocycles. The van der Waals surface area contributed by atoms with Crippen LogP contribution < -0.4 is 19.5 Å². The first kappa shape index (κ1) is 18.6. The van der Waals surface area contributed by atoms with Crippen molar-refractivity contribution >= 4 is 5.91 Å². The van der Waals surface area contributed by atoms with Gasteiger partial charge in [-0.1, -0.05) is 18.2 Å². The average Bonchev–Trinajstić information content (AvgIpc) is 2.67. The van der Waals surface area contributed by atoms with E-state index in [1.807, 2.05) is 24.3 Å². The molecule has 0 aliphatic carbocycles. The first-order valence-electron chi connectivity index (χ1n) is 7.80. The van der Waals surface area contributed by atoms with Gasteiger partial charge in [-0.3, -0.25) is 4.79 Å². The predicted octanol–water partition coefficient (Wildman–Crippen LogP) is 2.83. The predicted molar refractivity (Wildman–Crippen MR) is 94.6 cm³/mol. The zero-order valence-corrected chi connectivity index (χ0v) is 14.9. The molecule has 6 nitrogen and oxygen atoms in total. The Morgan fingerprint density at radius 2 is 1.60 bits per heavy atom. The summed E-state index contributed by atoms with van der Waals surface area (Å²) >= 11 is 0. The number of hydrogen-bond donors (Lipinski definition) is 1. The Hall–Kier alpha value is -2.73. The molecular weight excluding hydrogens is 322 g/mol. The second-order valence-corrected chi connectivity index (χ2v) is 5.25. The van der Waals surface area contributed by atoms with E-state index < -0.39 is 0 Å². The molecule has 2 aromatic rings. The van der Waals surface area contributed by atoms with Crippen LogP contribution in [-0.2, 0) is 4.74 Å². The first-order valence-corrected chi connectivity index (χ1v) is 7.80. The molecule has 0 radical (unpaired) electrons. The summed E-state index contributed by atoms with van der Waals surface area (Å²) in [4.78, 5) is 12.6. The molecule has 2 aromatic carbocycles. The smallest absolute Gasteiger partial charge is 0.258 e. The maximum atomic E-state index is 12.6. The zero-order valence-electron chi connectivity index (χ0n) is 14.9. The molecule has 134 valence electrons. The number of carbonyl (C=O) groups excluding carboxylic acids is 1. The van der Waals surface area contributed by atoms with Crippen molar-refractivity contribution in [2.24, 2.45) is 0 Å². The number of benzene rings is 2. The van der Waals surface area contributed by atoms with E-state index in [0.29, 0.717) is 23.6 Å². The van der Waals surface area contributed by atoms with E-state index in [1.54, 1.807) is 32.4 Å². The number of hydrogen-bond acceptors (Lipinski definition) is 5. The van der Waals surface area contributed by atoms with Crippen molar-refractivity contribution in [1.82, 2.24) is 5.32 Å². The van der Waals surface area contributed by atoms with Gasteiger partial charge in [0.25, 0.3) is 5.91 Å². The van der Waals surface area contributed by atoms with Gasteiger partial charge in [-0.25, -0.2) is 0 Å². The third-order valence-electron chi connectivity index (χ3n) is 3.85. The monoisotopic (exact) mass is 345 g/mol. The first-order chi connectivity index (χ1) is 12.1. The summed E-state index contributed by atoms with van der Waals surface area (Å²) in [6, 6.07) is 12.7. The Kier molecular flexibility index (Phi) is 6.65. The molecule has 1 atom stereocenters. The van der Waals surface area contributed by atoms with Gasteiger partial charge in [-0.05, 0) is 29.8 Å². The number of carbonyl (C=O) groups is 1. The summed E-state index contributed by atoms with van der Waals surface area (Å²) < 4.78 is 21.3. The van der Waals surface area contributed by atoms with E-state index >= 15 is 0 Å². The highest BCUT2D eigenvalue weighted by Crippen LogP contribution is 2.28. The van der Waals surface area contributed by atoms with Crippen molar-refractivity contribution in [3.8, 4) is 17.2 Å². The van der Waals surface area contributed by atoms with Gasteiger partial charge in [0.05, 0.1) is 27.4 Å². The third-order valence-corrected chi connectivity index (χ3v) is 3.85.